The monoisotopic (exact) mass is 426 g/mol. The van der Waals surface area contributed by atoms with E-state index in [1.165, 1.54) is 11.1 Å². The van der Waals surface area contributed by atoms with Gasteiger partial charge in [0.05, 0.1) is 18.3 Å². The van der Waals surface area contributed by atoms with E-state index in [0.717, 1.165) is 38.5 Å². The van der Waals surface area contributed by atoms with Crippen LogP contribution in [0.15, 0.2) is 54.1 Å². The summed E-state index contributed by atoms with van der Waals surface area (Å²) in [6.45, 7) is 3.75. The van der Waals surface area contributed by atoms with Gasteiger partial charge in [0.25, 0.3) is 0 Å². The lowest BCUT2D eigenvalue weighted by Crippen LogP contribution is -2.17. The molecule has 1 aromatic rings. The zero-order chi connectivity index (χ0) is 22.2. The van der Waals surface area contributed by atoms with Crippen molar-refractivity contribution in [3.63, 3.8) is 0 Å². The van der Waals surface area contributed by atoms with Gasteiger partial charge in [0.2, 0.25) is 0 Å². The van der Waals surface area contributed by atoms with Crippen molar-refractivity contribution in [2.24, 2.45) is 17.8 Å². The summed E-state index contributed by atoms with van der Waals surface area (Å²) in [5, 5.41) is 20.9. The number of fused-ring (bicyclic) bond motifs is 1. The number of aryl methyl sites for hydroxylation is 1. The second-order valence-corrected chi connectivity index (χ2v) is 9.48. The van der Waals surface area contributed by atoms with E-state index in [1.807, 2.05) is 38.1 Å². The van der Waals surface area contributed by atoms with Crippen molar-refractivity contribution in [2.45, 2.75) is 83.5 Å². The molecule has 2 N–H and O–H groups in total. The van der Waals surface area contributed by atoms with E-state index in [0.29, 0.717) is 24.7 Å². The van der Waals surface area contributed by atoms with Gasteiger partial charge in [-0.2, -0.15) is 0 Å². The van der Waals surface area contributed by atoms with Gasteiger partial charge in [-0.15, -0.1) is 0 Å². The third-order valence-corrected chi connectivity index (χ3v) is 6.62. The Labute approximate surface area is 187 Å². The highest BCUT2D eigenvalue weighted by atomic mass is 16.5. The average molecular weight is 427 g/mol. The van der Waals surface area contributed by atoms with Crippen molar-refractivity contribution in [1.29, 1.82) is 0 Å². The lowest BCUT2D eigenvalue weighted by Gasteiger charge is -2.18. The van der Waals surface area contributed by atoms with Crippen LogP contribution in [0.5, 0.6) is 0 Å². The van der Waals surface area contributed by atoms with Crippen LogP contribution in [0.25, 0.3) is 0 Å². The molecule has 0 saturated heterocycles. The Morgan fingerprint density at radius 2 is 2.00 bits per heavy atom. The van der Waals surface area contributed by atoms with Gasteiger partial charge in [0.15, 0.2) is 0 Å². The van der Waals surface area contributed by atoms with E-state index >= 15 is 0 Å². The topological polar surface area (TPSA) is 66.8 Å². The molecular weight excluding hydrogens is 388 g/mol. The molecule has 3 rings (SSSR count). The number of allylic oxidation sites excluding steroid dienone is 2. The van der Waals surface area contributed by atoms with Crippen LogP contribution in [0.2, 0.25) is 0 Å². The largest absolute Gasteiger partial charge is 0.463 e. The van der Waals surface area contributed by atoms with Crippen molar-refractivity contribution in [3.05, 3.63) is 59.7 Å². The number of aliphatic hydroxyl groups is 2. The molecule has 0 heterocycles. The van der Waals surface area contributed by atoms with E-state index < -0.39 is 6.10 Å². The minimum absolute atomic E-state index is 0.0478. The zero-order valence-corrected chi connectivity index (χ0v) is 19.0. The molecule has 2 saturated carbocycles. The number of ether oxygens (including phenoxy) is 1. The number of aliphatic hydroxyl groups excluding tert-OH is 2. The van der Waals surface area contributed by atoms with Crippen molar-refractivity contribution in [1.82, 2.24) is 0 Å². The molecule has 4 heteroatoms. The van der Waals surface area contributed by atoms with Crippen LogP contribution >= 0.6 is 0 Å². The number of carbonyl (C=O) groups is 1. The number of benzene rings is 1. The third-order valence-electron chi connectivity index (χ3n) is 6.62. The maximum Gasteiger partial charge on any atom is 0.306 e. The molecule has 0 bridgehead atoms. The molecule has 4 nitrogen and oxygen atoms in total. The normalized spacial score (nSPS) is 27.8. The first-order valence-corrected chi connectivity index (χ1v) is 11.9. The molecule has 0 unspecified atom stereocenters. The van der Waals surface area contributed by atoms with Gasteiger partial charge < -0.3 is 14.9 Å². The summed E-state index contributed by atoms with van der Waals surface area (Å²) >= 11 is 0. The second-order valence-electron chi connectivity index (χ2n) is 9.48. The van der Waals surface area contributed by atoms with E-state index in [2.05, 4.69) is 24.3 Å². The van der Waals surface area contributed by atoms with E-state index in [4.69, 9.17) is 4.74 Å². The highest BCUT2D eigenvalue weighted by Crippen LogP contribution is 2.50. The smallest absolute Gasteiger partial charge is 0.306 e. The Morgan fingerprint density at radius 3 is 2.74 bits per heavy atom. The van der Waals surface area contributed by atoms with Gasteiger partial charge in [-0.25, -0.2) is 0 Å². The fraction of sp³-hybridized carbons (Fsp3) is 0.593. The van der Waals surface area contributed by atoms with Crippen LogP contribution in [-0.4, -0.2) is 34.5 Å². The van der Waals surface area contributed by atoms with E-state index in [9.17, 15) is 15.0 Å². The van der Waals surface area contributed by atoms with Crippen LogP contribution in [0.1, 0.15) is 64.4 Å². The van der Waals surface area contributed by atoms with Gasteiger partial charge in [-0.3, -0.25) is 4.79 Å². The van der Waals surface area contributed by atoms with Gasteiger partial charge in [-0.1, -0.05) is 54.1 Å². The third kappa shape index (κ3) is 7.33. The minimum Gasteiger partial charge on any atom is -0.463 e. The molecule has 31 heavy (non-hydrogen) atoms. The molecular formula is C27H38O4. The zero-order valence-electron chi connectivity index (χ0n) is 19.0. The second kappa shape index (κ2) is 11.6. The summed E-state index contributed by atoms with van der Waals surface area (Å²) in [4.78, 5) is 11.6. The summed E-state index contributed by atoms with van der Waals surface area (Å²) < 4.78 is 5.18. The molecule has 2 aliphatic carbocycles. The van der Waals surface area contributed by atoms with Crippen molar-refractivity contribution < 1.29 is 19.7 Å². The Bertz CT molecular complexity index is 752. The fourth-order valence-electron chi connectivity index (χ4n) is 5.13. The standard InChI is InChI=1S/C27H38O4/c1-19(2)31-27(30)11-7-6-10-21-16-22-18-26(29)24(25(22)17-21)15-14-23(28)13-12-20-8-4-3-5-9-20/h3-5,8-10,14-15,19,22-26,28-29H,6-7,11-13,16-18H2,1-2H3/b15-14+,21-10-/t22-,23-,24+,25-,26+/m0/s1. The summed E-state index contributed by atoms with van der Waals surface area (Å²) in [6, 6.07) is 10.2. The van der Waals surface area contributed by atoms with Gasteiger partial charge in [0, 0.05) is 12.3 Å². The minimum atomic E-state index is -0.478. The predicted molar refractivity (Wildman–Crippen MR) is 123 cm³/mol. The SMILES string of the molecule is CC(C)OC(=O)CCC/C=C1/C[C@H]2C[C@@H](O)[C@H](/C=C/[C@@H](O)CCc3ccccc3)[C@H]2C1. The molecule has 0 amide bonds. The lowest BCUT2D eigenvalue weighted by atomic mass is 9.90. The Morgan fingerprint density at radius 1 is 1.23 bits per heavy atom. The molecule has 0 aromatic heterocycles. The van der Waals surface area contributed by atoms with Crippen LogP contribution in [0.3, 0.4) is 0 Å². The first kappa shape index (κ1) is 23.7. The summed E-state index contributed by atoms with van der Waals surface area (Å²) in [5.74, 6) is 1.01. The molecule has 2 aliphatic rings. The van der Waals surface area contributed by atoms with Crippen molar-refractivity contribution in [3.8, 4) is 0 Å². The highest BCUT2D eigenvalue weighted by molar-refractivity contribution is 5.69. The number of esters is 1. The Hall–Kier alpha value is -1.91. The van der Waals surface area contributed by atoms with E-state index in [-0.39, 0.29) is 24.1 Å². The molecule has 1 aromatic carbocycles. The Balaban J connectivity index is 1.44. The molecule has 2 fully saturated rings. The summed E-state index contributed by atoms with van der Waals surface area (Å²) in [6.07, 6.45) is 12.1. The molecule has 170 valence electrons. The number of hydrogen-bond acceptors (Lipinski definition) is 4. The van der Waals surface area contributed by atoms with Crippen molar-refractivity contribution in [2.75, 3.05) is 0 Å². The predicted octanol–water partition coefficient (Wildman–Crippen LogP) is 4.99. The quantitative estimate of drug-likeness (QED) is 0.314. The number of carbonyl (C=O) groups excluding carboxylic acids is 1. The van der Waals surface area contributed by atoms with Gasteiger partial charge >= 0.3 is 5.97 Å². The van der Waals surface area contributed by atoms with Gasteiger partial charge in [-0.05, 0) is 76.2 Å². The van der Waals surface area contributed by atoms with Crippen molar-refractivity contribution >= 4 is 5.97 Å². The molecule has 0 aliphatic heterocycles. The molecule has 0 spiro atoms. The molecule has 0 radical (unpaired) electrons. The maximum absolute atomic E-state index is 11.6. The van der Waals surface area contributed by atoms with E-state index in [1.54, 1.807) is 0 Å². The summed E-state index contributed by atoms with van der Waals surface area (Å²) in [5.41, 5.74) is 2.70. The first-order chi connectivity index (χ1) is 14.9. The summed E-state index contributed by atoms with van der Waals surface area (Å²) in [7, 11) is 0. The van der Waals surface area contributed by atoms with Gasteiger partial charge in [0.1, 0.15) is 0 Å². The number of unbranched alkanes of at least 4 members (excludes halogenated alkanes) is 1. The van der Waals surface area contributed by atoms with Crippen LogP contribution in [0.4, 0.5) is 0 Å². The fourth-order valence-corrected chi connectivity index (χ4v) is 5.13. The Kier molecular flexibility index (Phi) is 8.91. The lowest BCUT2D eigenvalue weighted by molar-refractivity contribution is -0.147. The average Bonchev–Trinajstić information content (AvgIpc) is 3.24. The highest BCUT2D eigenvalue weighted by Gasteiger charge is 2.44. The first-order valence-electron chi connectivity index (χ1n) is 11.9. The van der Waals surface area contributed by atoms with Crippen LogP contribution in [0, 0.1) is 17.8 Å². The van der Waals surface area contributed by atoms with Crippen LogP contribution in [-0.2, 0) is 16.0 Å². The molecule has 5 atom stereocenters. The maximum atomic E-state index is 11.6. The van der Waals surface area contributed by atoms with Crippen LogP contribution < -0.4 is 0 Å². The number of hydrogen-bond donors (Lipinski definition) is 2. The number of rotatable bonds is 10.